The van der Waals surface area contributed by atoms with Crippen LogP contribution in [-0.2, 0) is 6.42 Å². The number of hydrogen-bond acceptors (Lipinski definition) is 4. The lowest BCUT2D eigenvalue weighted by molar-refractivity contribution is 0.417. The summed E-state index contributed by atoms with van der Waals surface area (Å²) in [7, 11) is 1.62. The van der Waals surface area contributed by atoms with Gasteiger partial charge in [-0.3, -0.25) is 9.39 Å². The molecule has 0 aliphatic heterocycles. The van der Waals surface area contributed by atoms with Crippen LogP contribution in [-0.4, -0.2) is 34.2 Å². The molecule has 0 saturated carbocycles. The van der Waals surface area contributed by atoms with Crippen molar-refractivity contribution in [3.8, 4) is 5.75 Å². The predicted molar refractivity (Wildman–Crippen MR) is 105 cm³/mol. The van der Waals surface area contributed by atoms with E-state index in [9.17, 15) is 0 Å². The van der Waals surface area contributed by atoms with Crippen molar-refractivity contribution in [2.75, 3.05) is 19.0 Å². The van der Waals surface area contributed by atoms with Gasteiger partial charge in [-0.05, 0) is 24.3 Å². The Morgan fingerprint density at radius 3 is 2.83 bits per heavy atom. The van der Waals surface area contributed by atoms with Crippen LogP contribution in [0.5, 0.6) is 5.75 Å². The van der Waals surface area contributed by atoms with E-state index in [0.717, 1.165) is 17.2 Å². The molecule has 1 aromatic carbocycles. The van der Waals surface area contributed by atoms with Crippen LogP contribution in [0.4, 0.5) is 5.69 Å². The Balaban J connectivity index is 0.00000208. The number of nitrogens with one attached hydrogen (secondary N) is 1. The van der Waals surface area contributed by atoms with Gasteiger partial charge in [-0.25, -0.2) is 0 Å². The highest BCUT2D eigenvalue weighted by Crippen LogP contribution is 2.22. The largest absolute Gasteiger partial charge is 0.495 e. The molecule has 0 radical (unpaired) electrons. The summed E-state index contributed by atoms with van der Waals surface area (Å²) < 4.78 is 7.21. The fourth-order valence-corrected chi connectivity index (χ4v) is 2.26. The molecule has 0 amide bonds. The summed E-state index contributed by atoms with van der Waals surface area (Å²) in [5.74, 6) is 1.91. The van der Waals surface area contributed by atoms with Gasteiger partial charge >= 0.3 is 0 Å². The quantitative estimate of drug-likeness (QED) is 0.363. The number of aliphatic imine (C=N–C) groups is 1. The van der Waals surface area contributed by atoms with E-state index in [2.05, 4.69) is 20.5 Å². The maximum Gasteiger partial charge on any atom is 0.193 e. The summed E-state index contributed by atoms with van der Waals surface area (Å²) in [5.41, 5.74) is 7.53. The fourth-order valence-electron chi connectivity index (χ4n) is 2.26. The summed E-state index contributed by atoms with van der Waals surface area (Å²) in [6.07, 6.45) is 2.59. The van der Waals surface area contributed by atoms with Crippen LogP contribution in [0.15, 0.2) is 53.7 Å². The molecule has 7 nitrogen and oxygen atoms in total. The molecule has 0 atom stereocenters. The SMILES string of the molecule is COc1ccccc1NC(N)=NCCc1nnc2ccccn12.I. The van der Waals surface area contributed by atoms with Crippen molar-refractivity contribution < 1.29 is 4.74 Å². The zero-order valence-corrected chi connectivity index (χ0v) is 15.5. The molecule has 2 heterocycles. The molecule has 0 unspecified atom stereocenters. The Hall–Kier alpha value is -2.36. The molecular formula is C16H19IN6O. The number of halogens is 1. The molecule has 2 aromatic heterocycles. The average Bonchev–Trinajstić information content (AvgIpc) is 2.99. The summed E-state index contributed by atoms with van der Waals surface area (Å²) in [6.45, 7) is 0.518. The second kappa shape index (κ2) is 8.48. The molecule has 0 fully saturated rings. The maximum atomic E-state index is 5.92. The highest BCUT2D eigenvalue weighted by Gasteiger charge is 2.05. The first kappa shape index (κ1) is 18.0. The van der Waals surface area contributed by atoms with E-state index in [1.54, 1.807) is 7.11 Å². The van der Waals surface area contributed by atoms with Crippen molar-refractivity contribution in [1.82, 2.24) is 14.6 Å². The summed E-state index contributed by atoms with van der Waals surface area (Å²) in [6, 6.07) is 13.3. The number of hydrogen-bond donors (Lipinski definition) is 2. The number of methoxy groups -OCH3 is 1. The van der Waals surface area contributed by atoms with Crippen molar-refractivity contribution in [3.63, 3.8) is 0 Å². The van der Waals surface area contributed by atoms with Crippen LogP contribution in [0.25, 0.3) is 5.65 Å². The Morgan fingerprint density at radius 1 is 1.21 bits per heavy atom. The topological polar surface area (TPSA) is 89.8 Å². The van der Waals surface area contributed by atoms with Gasteiger partial charge in [-0.1, -0.05) is 18.2 Å². The number of nitrogens with zero attached hydrogens (tertiary/aromatic N) is 4. The first-order valence-electron chi connectivity index (χ1n) is 7.26. The molecule has 3 aromatic rings. The van der Waals surface area contributed by atoms with E-state index >= 15 is 0 Å². The van der Waals surface area contributed by atoms with Crippen LogP contribution in [0, 0.1) is 0 Å². The minimum atomic E-state index is 0. The van der Waals surface area contributed by atoms with E-state index in [1.165, 1.54) is 0 Å². The van der Waals surface area contributed by atoms with Crippen LogP contribution in [0.3, 0.4) is 0 Å². The zero-order valence-electron chi connectivity index (χ0n) is 13.2. The molecule has 0 aliphatic rings. The second-order valence-electron chi connectivity index (χ2n) is 4.89. The van der Waals surface area contributed by atoms with Crippen LogP contribution in [0.1, 0.15) is 5.82 Å². The fraction of sp³-hybridized carbons (Fsp3) is 0.188. The van der Waals surface area contributed by atoms with Crippen LogP contribution < -0.4 is 15.8 Å². The van der Waals surface area contributed by atoms with Gasteiger partial charge in [0.25, 0.3) is 0 Å². The number of benzene rings is 1. The number of anilines is 1. The molecule has 3 N–H and O–H groups in total. The van der Waals surface area contributed by atoms with Gasteiger partial charge in [0.15, 0.2) is 11.6 Å². The number of nitrogens with two attached hydrogens (primary N) is 1. The van der Waals surface area contributed by atoms with Gasteiger partial charge in [0.1, 0.15) is 11.6 Å². The highest BCUT2D eigenvalue weighted by atomic mass is 127. The van der Waals surface area contributed by atoms with Gasteiger partial charge < -0.3 is 15.8 Å². The molecular weight excluding hydrogens is 419 g/mol. The minimum absolute atomic E-state index is 0. The molecule has 126 valence electrons. The summed E-state index contributed by atoms with van der Waals surface area (Å²) >= 11 is 0. The Kier molecular flexibility index (Phi) is 6.36. The van der Waals surface area contributed by atoms with Gasteiger partial charge in [0, 0.05) is 19.2 Å². The van der Waals surface area contributed by atoms with Gasteiger partial charge in [0.2, 0.25) is 0 Å². The lowest BCUT2D eigenvalue weighted by Crippen LogP contribution is -2.23. The number of pyridine rings is 1. The van der Waals surface area contributed by atoms with E-state index in [1.807, 2.05) is 53.1 Å². The van der Waals surface area contributed by atoms with Gasteiger partial charge in [-0.2, -0.15) is 0 Å². The number of fused-ring (bicyclic) bond motifs is 1. The van der Waals surface area contributed by atoms with Crippen LogP contribution >= 0.6 is 24.0 Å². The molecule has 0 saturated heterocycles. The van der Waals surface area contributed by atoms with E-state index in [-0.39, 0.29) is 24.0 Å². The number of rotatable bonds is 5. The number of ether oxygens (including phenoxy) is 1. The van der Waals surface area contributed by atoms with Crippen LogP contribution in [0.2, 0.25) is 0 Å². The lowest BCUT2D eigenvalue weighted by atomic mass is 10.3. The molecule has 8 heteroatoms. The molecule has 0 bridgehead atoms. The third-order valence-electron chi connectivity index (χ3n) is 3.37. The number of aromatic nitrogens is 3. The summed E-state index contributed by atoms with van der Waals surface area (Å²) in [4.78, 5) is 4.32. The predicted octanol–water partition coefficient (Wildman–Crippen LogP) is 2.33. The molecule has 3 rings (SSSR count). The Labute approximate surface area is 157 Å². The van der Waals surface area contributed by atoms with Gasteiger partial charge in [0.05, 0.1) is 12.8 Å². The first-order chi connectivity index (χ1) is 11.3. The Bertz CT molecular complexity index is 832. The average molecular weight is 438 g/mol. The van der Waals surface area contributed by atoms with Gasteiger partial charge in [-0.15, -0.1) is 34.2 Å². The van der Waals surface area contributed by atoms with Crippen molar-refractivity contribution in [3.05, 3.63) is 54.5 Å². The second-order valence-corrected chi connectivity index (χ2v) is 4.89. The zero-order chi connectivity index (χ0) is 16.1. The smallest absolute Gasteiger partial charge is 0.193 e. The number of guanidine groups is 1. The Morgan fingerprint density at radius 2 is 2.00 bits per heavy atom. The van der Waals surface area contributed by atoms with E-state index in [0.29, 0.717) is 24.7 Å². The standard InChI is InChI=1S/C16H18N6O.HI/c1-23-13-7-3-2-6-12(13)19-16(17)18-10-9-15-21-20-14-8-4-5-11-22(14)15;/h2-8,11H,9-10H2,1H3,(H3,17,18,19);1H. The molecule has 0 aliphatic carbocycles. The van der Waals surface area contributed by atoms with E-state index < -0.39 is 0 Å². The molecule has 24 heavy (non-hydrogen) atoms. The van der Waals surface area contributed by atoms with Crippen molar-refractivity contribution in [2.24, 2.45) is 10.7 Å². The summed E-state index contributed by atoms with van der Waals surface area (Å²) in [5, 5.41) is 11.3. The maximum absolute atomic E-state index is 5.92. The number of para-hydroxylation sites is 2. The van der Waals surface area contributed by atoms with E-state index in [4.69, 9.17) is 10.5 Å². The third-order valence-corrected chi connectivity index (χ3v) is 3.37. The van der Waals surface area contributed by atoms with Crippen molar-refractivity contribution in [1.29, 1.82) is 0 Å². The molecule has 0 spiro atoms. The monoisotopic (exact) mass is 438 g/mol. The lowest BCUT2D eigenvalue weighted by Gasteiger charge is -2.09. The minimum Gasteiger partial charge on any atom is -0.495 e. The first-order valence-corrected chi connectivity index (χ1v) is 7.26. The van der Waals surface area contributed by atoms with Crippen molar-refractivity contribution in [2.45, 2.75) is 6.42 Å². The normalized spacial score (nSPS) is 11.1. The van der Waals surface area contributed by atoms with Crippen molar-refractivity contribution >= 4 is 41.3 Å². The third kappa shape index (κ3) is 4.13. The highest BCUT2D eigenvalue weighted by molar-refractivity contribution is 14.0.